The molecule has 0 radical (unpaired) electrons. The van der Waals surface area contributed by atoms with E-state index in [1.807, 2.05) is 24.3 Å². The lowest BCUT2D eigenvalue weighted by molar-refractivity contribution is 0.0417. The zero-order valence-corrected chi connectivity index (χ0v) is 10.00. The molecule has 82 valence electrons. The highest BCUT2D eigenvalue weighted by molar-refractivity contribution is 6.32. The van der Waals surface area contributed by atoms with Crippen LogP contribution in [-0.2, 0) is 0 Å². The Morgan fingerprint density at radius 3 is 2.53 bits per heavy atom. The van der Waals surface area contributed by atoms with E-state index in [0.29, 0.717) is 11.1 Å². The number of ether oxygens (including phenoxy) is 1. The molecule has 0 spiro atoms. The van der Waals surface area contributed by atoms with Crippen molar-refractivity contribution in [1.82, 2.24) is 0 Å². The zero-order valence-electron chi connectivity index (χ0n) is 9.24. The van der Waals surface area contributed by atoms with Crippen LogP contribution in [0.3, 0.4) is 0 Å². The zero-order chi connectivity index (χ0) is 10.8. The molecule has 0 bridgehead atoms. The molecule has 1 nitrogen and oxygen atoms in total. The average molecular weight is 225 g/mol. The van der Waals surface area contributed by atoms with Crippen LogP contribution >= 0.6 is 11.6 Å². The van der Waals surface area contributed by atoms with Crippen molar-refractivity contribution in [3.63, 3.8) is 0 Å². The van der Waals surface area contributed by atoms with Crippen LogP contribution in [0.2, 0.25) is 5.02 Å². The summed E-state index contributed by atoms with van der Waals surface area (Å²) in [5.74, 6) is 2.43. The van der Waals surface area contributed by atoms with Crippen LogP contribution in [0.15, 0.2) is 24.3 Å². The highest BCUT2D eigenvalue weighted by atomic mass is 35.5. The SMILES string of the molecule is CC(C)C1CC(Oc2ccccc2Cl)C1. The average Bonchev–Trinajstić information content (AvgIpc) is 2.12. The Bertz CT molecular complexity index is 329. The second-order valence-corrected chi connectivity index (χ2v) is 5.05. The fourth-order valence-electron chi connectivity index (χ4n) is 1.97. The summed E-state index contributed by atoms with van der Waals surface area (Å²) in [7, 11) is 0. The van der Waals surface area contributed by atoms with Gasteiger partial charge in [-0.1, -0.05) is 37.6 Å². The summed E-state index contributed by atoms with van der Waals surface area (Å²) in [6.45, 7) is 4.55. The maximum atomic E-state index is 6.02. The van der Waals surface area contributed by atoms with Crippen LogP contribution in [0.1, 0.15) is 26.7 Å². The van der Waals surface area contributed by atoms with Crippen LogP contribution in [0, 0.1) is 11.8 Å². The minimum absolute atomic E-state index is 0.372. The molecule has 0 saturated heterocycles. The Morgan fingerprint density at radius 2 is 1.93 bits per heavy atom. The van der Waals surface area contributed by atoms with Crippen molar-refractivity contribution in [3.8, 4) is 5.75 Å². The molecule has 1 aromatic carbocycles. The van der Waals surface area contributed by atoms with Gasteiger partial charge < -0.3 is 4.74 Å². The monoisotopic (exact) mass is 224 g/mol. The van der Waals surface area contributed by atoms with Gasteiger partial charge in [0.1, 0.15) is 5.75 Å². The summed E-state index contributed by atoms with van der Waals surface area (Å²) in [6.07, 6.45) is 2.71. The van der Waals surface area contributed by atoms with E-state index >= 15 is 0 Å². The van der Waals surface area contributed by atoms with Gasteiger partial charge in [0.2, 0.25) is 0 Å². The van der Waals surface area contributed by atoms with Crippen molar-refractivity contribution in [3.05, 3.63) is 29.3 Å². The molecule has 0 amide bonds. The van der Waals surface area contributed by atoms with Gasteiger partial charge in [0.25, 0.3) is 0 Å². The summed E-state index contributed by atoms with van der Waals surface area (Å²) < 4.78 is 5.83. The van der Waals surface area contributed by atoms with E-state index in [4.69, 9.17) is 16.3 Å². The molecule has 1 aliphatic carbocycles. The molecule has 0 aromatic heterocycles. The van der Waals surface area contributed by atoms with Gasteiger partial charge in [-0.05, 0) is 36.8 Å². The molecule has 0 N–H and O–H groups in total. The van der Waals surface area contributed by atoms with Crippen molar-refractivity contribution in [1.29, 1.82) is 0 Å². The van der Waals surface area contributed by atoms with E-state index in [0.717, 1.165) is 17.6 Å². The Labute approximate surface area is 96.4 Å². The predicted molar refractivity (Wildman–Crippen MR) is 63.4 cm³/mol. The van der Waals surface area contributed by atoms with Gasteiger partial charge in [-0.2, -0.15) is 0 Å². The van der Waals surface area contributed by atoms with E-state index < -0.39 is 0 Å². The predicted octanol–water partition coefficient (Wildman–Crippen LogP) is 4.15. The Hall–Kier alpha value is -0.690. The van der Waals surface area contributed by atoms with Crippen LogP contribution in [0.5, 0.6) is 5.75 Å². The number of hydrogen-bond acceptors (Lipinski definition) is 1. The molecule has 0 aliphatic heterocycles. The van der Waals surface area contributed by atoms with Gasteiger partial charge in [-0.3, -0.25) is 0 Å². The second kappa shape index (κ2) is 4.44. The first kappa shape index (κ1) is 10.8. The van der Waals surface area contributed by atoms with Gasteiger partial charge in [0.15, 0.2) is 0 Å². The van der Waals surface area contributed by atoms with Crippen molar-refractivity contribution in [2.75, 3.05) is 0 Å². The van der Waals surface area contributed by atoms with Gasteiger partial charge in [0.05, 0.1) is 11.1 Å². The first-order chi connectivity index (χ1) is 7.16. The van der Waals surface area contributed by atoms with Crippen molar-refractivity contribution in [2.24, 2.45) is 11.8 Å². The number of hydrogen-bond donors (Lipinski definition) is 0. The fraction of sp³-hybridized carbons (Fsp3) is 0.538. The third kappa shape index (κ3) is 2.46. The molecule has 1 saturated carbocycles. The highest BCUT2D eigenvalue weighted by Gasteiger charge is 2.32. The highest BCUT2D eigenvalue weighted by Crippen LogP contribution is 2.37. The minimum atomic E-state index is 0.372. The van der Waals surface area contributed by atoms with Crippen LogP contribution in [0.4, 0.5) is 0 Å². The van der Waals surface area contributed by atoms with E-state index in [1.165, 1.54) is 12.8 Å². The molecular formula is C13H17ClO. The third-order valence-electron chi connectivity index (χ3n) is 3.20. The third-order valence-corrected chi connectivity index (χ3v) is 3.52. The summed E-state index contributed by atoms with van der Waals surface area (Å²) in [5.41, 5.74) is 0. The standard InChI is InChI=1S/C13H17ClO/c1-9(2)10-7-11(8-10)15-13-6-4-3-5-12(13)14/h3-6,9-11H,7-8H2,1-2H3. The maximum absolute atomic E-state index is 6.02. The van der Waals surface area contributed by atoms with Gasteiger partial charge in [-0.15, -0.1) is 0 Å². The second-order valence-electron chi connectivity index (χ2n) is 4.65. The van der Waals surface area contributed by atoms with Crippen molar-refractivity contribution >= 4 is 11.6 Å². The van der Waals surface area contributed by atoms with Crippen LogP contribution in [-0.4, -0.2) is 6.10 Å². The molecule has 1 aliphatic rings. The summed E-state index contributed by atoms with van der Waals surface area (Å²) in [6, 6.07) is 7.69. The molecule has 0 atom stereocenters. The Kier molecular flexibility index (Phi) is 3.20. The molecule has 1 fully saturated rings. The fourth-order valence-corrected chi connectivity index (χ4v) is 2.15. The molecule has 2 rings (SSSR count). The van der Waals surface area contributed by atoms with E-state index in [-0.39, 0.29) is 0 Å². The smallest absolute Gasteiger partial charge is 0.138 e. The molecular weight excluding hydrogens is 208 g/mol. The molecule has 2 heteroatoms. The Morgan fingerprint density at radius 1 is 1.27 bits per heavy atom. The van der Waals surface area contributed by atoms with Crippen LogP contribution < -0.4 is 4.74 Å². The first-order valence-electron chi connectivity index (χ1n) is 5.58. The van der Waals surface area contributed by atoms with Gasteiger partial charge in [0, 0.05) is 0 Å². The van der Waals surface area contributed by atoms with Crippen LogP contribution in [0.25, 0.3) is 0 Å². The molecule has 15 heavy (non-hydrogen) atoms. The normalized spacial score (nSPS) is 25.1. The largest absolute Gasteiger partial charge is 0.489 e. The number of rotatable bonds is 3. The summed E-state index contributed by atoms with van der Waals surface area (Å²) in [4.78, 5) is 0. The Balaban J connectivity index is 1.88. The minimum Gasteiger partial charge on any atom is -0.489 e. The number of halogens is 1. The number of para-hydroxylation sites is 1. The maximum Gasteiger partial charge on any atom is 0.138 e. The molecule has 0 unspecified atom stereocenters. The van der Waals surface area contributed by atoms with Gasteiger partial charge in [-0.25, -0.2) is 0 Å². The molecule has 1 aromatic rings. The van der Waals surface area contributed by atoms with E-state index in [1.54, 1.807) is 0 Å². The van der Waals surface area contributed by atoms with Gasteiger partial charge >= 0.3 is 0 Å². The van der Waals surface area contributed by atoms with Crippen molar-refractivity contribution in [2.45, 2.75) is 32.8 Å². The summed E-state index contributed by atoms with van der Waals surface area (Å²) >= 11 is 6.02. The lowest BCUT2D eigenvalue weighted by Crippen LogP contribution is -2.36. The molecule has 0 heterocycles. The quantitative estimate of drug-likeness (QED) is 0.750. The summed E-state index contributed by atoms with van der Waals surface area (Å²) in [5, 5.41) is 0.713. The van der Waals surface area contributed by atoms with Crippen molar-refractivity contribution < 1.29 is 4.74 Å². The van der Waals surface area contributed by atoms with E-state index in [9.17, 15) is 0 Å². The lowest BCUT2D eigenvalue weighted by Gasteiger charge is -2.38. The topological polar surface area (TPSA) is 9.23 Å². The lowest BCUT2D eigenvalue weighted by atomic mass is 9.75. The number of benzene rings is 1. The van der Waals surface area contributed by atoms with E-state index in [2.05, 4.69) is 13.8 Å². The first-order valence-corrected chi connectivity index (χ1v) is 5.96.